The maximum atomic E-state index is 5.95. The van der Waals surface area contributed by atoms with E-state index in [1.54, 1.807) is 11.3 Å². The molecular weight excluding hydrogens is 308 g/mol. The van der Waals surface area contributed by atoms with Gasteiger partial charge in [0.1, 0.15) is 5.82 Å². The maximum absolute atomic E-state index is 5.95. The Balaban J connectivity index is 1.35. The summed E-state index contributed by atoms with van der Waals surface area (Å²) in [6.07, 6.45) is 5.28. The molecule has 0 amide bonds. The van der Waals surface area contributed by atoms with Gasteiger partial charge in [0.05, 0.1) is 6.42 Å². The number of oxime groups is 1. The lowest BCUT2D eigenvalue weighted by molar-refractivity contribution is -0.136. The van der Waals surface area contributed by atoms with Crippen LogP contribution in [-0.2, 0) is 4.84 Å². The summed E-state index contributed by atoms with van der Waals surface area (Å²) in [6, 6.07) is 4.28. The van der Waals surface area contributed by atoms with Crippen LogP contribution >= 0.6 is 11.3 Å². The van der Waals surface area contributed by atoms with Gasteiger partial charge in [0, 0.05) is 33.6 Å². The fourth-order valence-electron chi connectivity index (χ4n) is 4.27. The molecule has 2 aromatic rings. The van der Waals surface area contributed by atoms with E-state index >= 15 is 0 Å². The van der Waals surface area contributed by atoms with E-state index in [0.29, 0.717) is 5.92 Å². The van der Waals surface area contributed by atoms with Crippen molar-refractivity contribution in [1.29, 1.82) is 0 Å². The fraction of sp³-hybridized carbons (Fsp3) is 0.529. The Labute approximate surface area is 139 Å². The second-order valence-corrected chi connectivity index (χ2v) is 8.30. The van der Waals surface area contributed by atoms with Gasteiger partial charge in [-0.3, -0.25) is 4.90 Å². The predicted molar refractivity (Wildman–Crippen MR) is 93.0 cm³/mol. The van der Waals surface area contributed by atoms with E-state index in [1.165, 1.54) is 40.9 Å². The van der Waals surface area contributed by atoms with Crippen molar-refractivity contribution in [3.05, 3.63) is 23.2 Å². The number of fused-ring (bicyclic) bond motifs is 3. The van der Waals surface area contributed by atoms with Crippen molar-refractivity contribution in [3.8, 4) is 0 Å². The van der Waals surface area contributed by atoms with Crippen LogP contribution in [0.1, 0.15) is 24.1 Å². The summed E-state index contributed by atoms with van der Waals surface area (Å²) in [5.41, 5.74) is -0.0948. The van der Waals surface area contributed by atoms with E-state index in [-0.39, 0.29) is 5.60 Å². The SMILES string of the molecule is Cc1cc2cnc(NC3=NOC4(C3)CN3CCC4CC3)cc2s1. The Hall–Kier alpha value is -1.66. The minimum atomic E-state index is -0.0948. The van der Waals surface area contributed by atoms with E-state index in [2.05, 4.69) is 39.4 Å². The molecule has 4 aliphatic heterocycles. The summed E-state index contributed by atoms with van der Waals surface area (Å²) >= 11 is 1.80. The molecule has 4 aliphatic rings. The molecule has 0 saturated carbocycles. The number of aromatic nitrogens is 1. The van der Waals surface area contributed by atoms with E-state index in [1.807, 2.05) is 6.20 Å². The van der Waals surface area contributed by atoms with Gasteiger partial charge in [-0.2, -0.15) is 0 Å². The van der Waals surface area contributed by atoms with Crippen LogP contribution in [0, 0.1) is 12.8 Å². The lowest BCUT2D eigenvalue weighted by Crippen LogP contribution is -2.59. The second kappa shape index (κ2) is 4.92. The number of nitrogens with one attached hydrogen (secondary N) is 1. The second-order valence-electron chi connectivity index (χ2n) is 7.01. The first-order valence-corrected chi connectivity index (χ1v) is 9.12. The van der Waals surface area contributed by atoms with Crippen molar-refractivity contribution in [3.63, 3.8) is 0 Å². The zero-order chi connectivity index (χ0) is 15.4. The first-order valence-electron chi connectivity index (χ1n) is 8.31. The van der Waals surface area contributed by atoms with Crippen molar-refractivity contribution in [2.75, 3.05) is 25.0 Å². The minimum absolute atomic E-state index is 0.0948. The minimum Gasteiger partial charge on any atom is -0.386 e. The van der Waals surface area contributed by atoms with Gasteiger partial charge >= 0.3 is 0 Å². The van der Waals surface area contributed by atoms with Crippen LogP contribution in [0.5, 0.6) is 0 Å². The summed E-state index contributed by atoms with van der Waals surface area (Å²) in [7, 11) is 0. The summed E-state index contributed by atoms with van der Waals surface area (Å²) in [5, 5.41) is 8.93. The van der Waals surface area contributed by atoms with E-state index in [9.17, 15) is 0 Å². The summed E-state index contributed by atoms with van der Waals surface area (Å²) in [5.74, 6) is 2.42. The number of amidine groups is 1. The third kappa shape index (κ3) is 2.23. The molecule has 0 radical (unpaired) electrons. The molecule has 6 rings (SSSR count). The monoisotopic (exact) mass is 328 g/mol. The lowest BCUT2D eigenvalue weighted by Gasteiger charge is -2.49. The zero-order valence-electron chi connectivity index (χ0n) is 13.2. The molecule has 3 saturated heterocycles. The largest absolute Gasteiger partial charge is 0.386 e. The van der Waals surface area contributed by atoms with Gasteiger partial charge in [-0.05, 0) is 45.0 Å². The van der Waals surface area contributed by atoms with Crippen LogP contribution in [0.4, 0.5) is 5.82 Å². The van der Waals surface area contributed by atoms with Gasteiger partial charge in [-0.1, -0.05) is 5.16 Å². The molecule has 120 valence electrons. The Bertz CT molecular complexity index is 793. The highest BCUT2D eigenvalue weighted by Crippen LogP contribution is 2.43. The van der Waals surface area contributed by atoms with Crippen LogP contribution in [0.25, 0.3) is 10.1 Å². The average molecular weight is 328 g/mol. The van der Waals surface area contributed by atoms with E-state index < -0.39 is 0 Å². The van der Waals surface area contributed by atoms with Crippen LogP contribution < -0.4 is 5.32 Å². The Morgan fingerprint density at radius 2 is 2.22 bits per heavy atom. The van der Waals surface area contributed by atoms with Crippen LogP contribution in [0.3, 0.4) is 0 Å². The van der Waals surface area contributed by atoms with Crippen molar-refractivity contribution in [2.24, 2.45) is 11.1 Å². The van der Waals surface area contributed by atoms with Gasteiger partial charge in [-0.25, -0.2) is 4.98 Å². The van der Waals surface area contributed by atoms with Gasteiger partial charge in [0.2, 0.25) is 0 Å². The molecule has 0 aliphatic carbocycles. The van der Waals surface area contributed by atoms with Crippen molar-refractivity contribution in [1.82, 2.24) is 9.88 Å². The van der Waals surface area contributed by atoms with Crippen molar-refractivity contribution in [2.45, 2.75) is 31.8 Å². The van der Waals surface area contributed by atoms with Crippen molar-refractivity contribution >= 4 is 33.1 Å². The molecule has 1 spiro atoms. The highest BCUT2D eigenvalue weighted by atomic mass is 32.1. The first kappa shape index (κ1) is 13.7. The molecule has 2 bridgehead atoms. The number of rotatable bonds is 1. The van der Waals surface area contributed by atoms with Gasteiger partial charge in [-0.15, -0.1) is 11.3 Å². The fourth-order valence-corrected chi connectivity index (χ4v) is 5.20. The molecule has 6 heteroatoms. The van der Waals surface area contributed by atoms with Gasteiger partial charge in [0.15, 0.2) is 11.4 Å². The van der Waals surface area contributed by atoms with Gasteiger partial charge < -0.3 is 10.2 Å². The smallest absolute Gasteiger partial charge is 0.160 e. The standard InChI is InChI=1S/C17H20N4OS/c1-11-6-12-9-18-15(7-14(12)23-11)19-16-8-17(22-20-16)10-21-4-2-13(17)3-5-21/h6-7,9,13H,2-5,8,10H2,1H3,(H,18,19,20). The number of nitrogens with zero attached hydrogens (tertiary/aromatic N) is 3. The normalized spacial score (nSPS) is 32.3. The summed E-state index contributed by atoms with van der Waals surface area (Å²) in [6.45, 7) is 5.58. The average Bonchev–Trinajstić information content (AvgIpc) is 3.11. The zero-order valence-corrected chi connectivity index (χ0v) is 14.0. The molecular formula is C17H20N4OS. The molecule has 1 unspecified atom stereocenters. The highest BCUT2D eigenvalue weighted by Gasteiger charge is 2.52. The molecule has 6 heterocycles. The third-order valence-electron chi connectivity index (χ3n) is 5.42. The summed E-state index contributed by atoms with van der Waals surface area (Å²) < 4.78 is 1.26. The van der Waals surface area contributed by atoms with Crippen LogP contribution in [0.15, 0.2) is 23.5 Å². The Morgan fingerprint density at radius 1 is 1.35 bits per heavy atom. The number of piperidine rings is 3. The van der Waals surface area contributed by atoms with E-state index in [0.717, 1.165) is 24.6 Å². The van der Waals surface area contributed by atoms with E-state index in [4.69, 9.17) is 4.84 Å². The number of anilines is 1. The number of aryl methyl sites for hydroxylation is 1. The molecule has 0 aromatic carbocycles. The maximum Gasteiger partial charge on any atom is 0.160 e. The van der Waals surface area contributed by atoms with Crippen LogP contribution in [0.2, 0.25) is 0 Å². The highest BCUT2D eigenvalue weighted by molar-refractivity contribution is 7.19. The predicted octanol–water partition coefficient (Wildman–Crippen LogP) is 3.21. The molecule has 5 nitrogen and oxygen atoms in total. The Morgan fingerprint density at radius 3 is 3.00 bits per heavy atom. The topological polar surface area (TPSA) is 49.8 Å². The van der Waals surface area contributed by atoms with Crippen molar-refractivity contribution < 1.29 is 4.84 Å². The molecule has 2 aromatic heterocycles. The Kier molecular flexibility index (Phi) is 2.94. The van der Waals surface area contributed by atoms with Crippen LogP contribution in [-0.4, -0.2) is 41.0 Å². The lowest BCUT2D eigenvalue weighted by atomic mass is 9.73. The third-order valence-corrected chi connectivity index (χ3v) is 6.44. The summed E-state index contributed by atoms with van der Waals surface area (Å²) in [4.78, 5) is 14.3. The molecule has 1 N–H and O–H groups in total. The first-order chi connectivity index (χ1) is 11.2. The number of hydrogen-bond donors (Lipinski definition) is 1. The number of hydrogen-bond acceptors (Lipinski definition) is 6. The molecule has 1 atom stereocenters. The number of pyridine rings is 1. The molecule has 23 heavy (non-hydrogen) atoms. The number of thiophene rings is 1. The van der Waals surface area contributed by atoms with Gasteiger partial charge in [0.25, 0.3) is 0 Å². The molecule has 3 fully saturated rings. The quantitative estimate of drug-likeness (QED) is 0.873.